The average Bonchev–Trinajstić information content (AvgIpc) is 2.88. The summed E-state index contributed by atoms with van der Waals surface area (Å²) in [5.74, 6) is -0.745. The first-order valence-corrected chi connectivity index (χ1v) is 12.5. The zero-order valence-electron chi connectivity index (χ0n) is 18.8. The maximum atomic E-state index is 14.1. The van der Waals surface area contributed by atoms with Crippen LogP contribution in [0.1, 0.15) is 12.8 Å². The number of anilines is 2. The fourth-order valence-corrected chi connectivity index (χ4v) is 5.93. The van der Waals surface area contributed by atoms with Crippen molar-refractivity contribution in [2.24, 2.45) is 5.92 Å². The lowest BCUT2D eigenvalue weighted by Gasteiger charge is -2.39. The first-order chi connectivity index (χ1) is 16.5. The molecule has 5 rings (SSSR count). The minimum atomic E-state index is -0.798. The molecule has 3 heterocycles. The Balaban J connectivity index is 1.13. The topological polar surface area (TPSA) is 73.0 Å². The maximum Gasteiger partial charge on any atom is 0.247 e. The zero-order valence-corrected chi connectivity index (χ0v) is 19.6. The lowest BCUT2D eigenvalue weighted by molar-refractivity contribution is -0.141. The molecule has 2 aromatic rings. The molecule has 0 radical (unpaired) electrons. The van der Waals surface area contributed by atoms with Crippen LogP contribution in [0.15, 0.2) is 53.4 Å². The Bertz CT molecular complexity index is 1100. The quantitative estimate of drug-likeness (QED) is 0.682. The molecular weight excluding hydrogens is 455 g/mol. The molecule has 9 heteroatoms. The number of thioether (sulfide) groups is 1. The van der Waals surface area contributed by atoms with Gasteiger partial charge in [-0.05, 0) is 37.1 Å². The minimum Gasteiger partial charge on any atom is -0.366 e. The first kappa shape index (κ1) is 22.7. The smallest absolute Gasteiger partial charge is 0.247 e. The van der Waals surface area contributed by atoms with Crippen LogP contribution in [0.3, 0.4) is 0 Å². The second-order valence-electron chi connectivity index (χ2n) is 8.85. The van der Waals surface area contributed by atoms with Gasteiger partial charge in [0.2, 0.25) is 17.7 Å². The van der Waals surface area contributed by atoms with Crippen molar-refractivity contribution in [1.82, 2.24) is 9.80 Å². The number of hydrogen-bond acceptors (Lipinski definition) is 5. The summed E-state index contributed by atoms with van der Waals surface area (Å²) in [6.07, 6.45) is 1.18. The van der Waals surface area contributed by atoms with E-state index in [0.717, 1.165) is 10.6 Å². The number of benzene rings is 2. The van der Waals surface area contributed by atoms with Crippen LogP contribution < -0.4 is 10.2 Å². The Labute approximate surface area is 202 Å². The highest BCUT2D eigenvalue weighted by Crippen LogP contribution is 2.36. The van der Waals surface area contributed by atoms with Crippen molar-refractivity contribution in [1.29, 1.82) is 0 Å². The fourth-order valence-electron chi connectivity index (χ4n) is 4.86. The molecule has 0 aromatic heterocycles. The molecule has 1 atom stereocenters. The summed E-state index contributed by atoms with van der Waals surface area (Å²) >= 11 is 1.29. The SMILES string of the molecule is O=C1Nc2ccccc2S[C@H]1C(=O)N1CCC(C(=O)N2CCN(c3ccccc3F)CC2)CC1. The fraction of sp³-hybridized carbons (Fsp3) is 0.400. The Kier molecular flexibility index (Phi) is 6.45. The Morgan fingerprint density at radius 3 is 2.24 bits per heavy atom. The third kappa shape index (κ3) is 4.49. The van der Waals surface area contributed by atoms with Crippen LogP contribution in [-0.2, 0) is 14.4 Å². The van der Waals surface area contributed by atoms with Crippen LogP contribution in [0.4, 0.5) is 15.8 Å². The van der Waals surface area contributed by atoms with Crippen molar-refractivity contribution in [3.63, 3.8) is 0 Å². The van der Waals surface area contributed by atoms with Crippen LogP contribution in [0.2, 0.25) is 0 Å². The molecule has 0 saturated carbocycles. The van der Waals surface area contributed by atoms with Gasteiger partial charge in [0.25, 0.3) is 0 Å². The molecule has 2 saturated heterocycles. The standard InChI is InChI=1S/C25H27FN4O3S/c26-18-5-1-3-7-20(18)28-13-15-30(16-14-28)24(32)17-9-11-29(12-10-17)25(33)22-23(31)27-19-6-2-4-8-21(19)34-22/h1-8,17,22H,9-16H2,(H,27,31)/t22-/m1/s1. The zero-order chi connectivity index (χ0) is 23.7. The lowest BCUT2D eigenvalue weighted by atomic mass is 9.94. The van der Waals surface area contributed by atoms with Gasteiger partial charge in [-0.2, -0.15) is 0 Å². The van der Waals surface area contributed by atoms with E-state index in [1.54, 1.807) is 17.0 Å². The molecule has 3 amide bonds. The van der Waals surface area contributed by atoms with Gasteiger partial charge in [0, 0.05) is 50.1 Å². The van der Waals surface area contributed by atoms with E-state index in [0.29, 0.717) is 57.8 Å². The highest BCUT2D eigenvalue weighted by molar-refractivity contribution is 8.01. The van der Waals surface area contributed by atoms with Gasteiger partial charge >= 0.3 is 0 Å². The van der Waals surface area contributed by atoms with Crippen LogP contribution in [0.25, 0.3) is 0 Å². The lowest BCUT2D eigenvalue weighted by Crippen LogP contribution is -2.53. The van der Waals surface area contributed by atoms with Crippen molar-refractivity contribution in [3.05, 3.63) is 54.3 Å². The van der Waals surface area contributed by atoms with Gasteiger partial charge in [-0.3, -0.25) is 14.4 Å². The van der Waals surface area contributed by atoms with Gasteiger partial charge in [-0.15, -0.1) is 11.8 Å². The van der Waals surface area contributed by atoms with Gasteiger partial charge in [-0.1, -0.05) is 24.3 Å². The highest BCUT2D eigenvalue weighted by Gasteiger charge is 2.38. The predicted octanol–water partition coefficient (Wildman–Crippen LogP) is 2.83. The van der Waals surface area contributed by atoms with Gasteiger partial charge in [-0.25, -0.2) is 4.39 Å². The van der Waals surface area contributed by atoms with E-state index in [1.165, 1.54) is 17.8 Å². The molecule has 3 aliphatic rings. The molecule has 178 valence electrons. The molecule has 1 N–H and O–H groups in total. The first-order valence-electron chi connectivity index (χ1n) is 11.6. The summed E-state index contributed by atoms with van der Waals surface area (Å²) in [5, 5.41) is 2.03. The van der Waals surface area contributed by atoms with Crippen molar-refractivity contribution in [3.8, 4) is 0 Å². The number of amides is 3. The van der Waals surface area contributed by atoms with E-state index in [2.05, 4.69) is 5.32 Å². The summed E-state index contributed by atoms with van der Waals surface area (Å²) in [7, 11) is 0. The van der Waals surface area contributed by atoms with Gasteiger partial charge < -0.3 is 20.0 Å². The summed E-state index contributed by atoms with van der Waals surface area (Å²) in [4.78, 5) is 45.1. The largest absolute Gasteiger partial charge is 0.366 e. The number of hydrogen-bond donors (Lipinski definition) is 1. The molecule has 0 unspecified atom stereocenters. The number of carbonyl (C=O) groups is 3. The molecule has 34 heavy (non-hydrogen) atoms. The summed E-state index contributed by atoms with van der Waals surface area (Å²) in [5.41, 5.74) is 1.31. The molecule has 0 spiro atoms. The number of nitrogens with one attached hydrogen (secondary N) is 1. The van der Waals surface area contributed by atoms with Crippen molar-refractivity contribution in [2.75, 3.05) is 49.5 Å². The van der Waals surface area contributed by atoms with Crippen molar-refractivity contribution < 1.29 is 18.8 Å². The Hall–Kier alpha value is -3.07. The number of piperazine rings is 1. The number of halogens is 1. The number of carbonyl (C=O) groups excluding carboxylic acids is 3. The number of piperidine rings is 1. The van der Waals surface area contributed by atoms with Crippen LogP contribution >= 0.6 is 11.8 Å². The summed E-state index contributed by atoms with van der Waals surface area (Å²) in [6.45, 7) is 3.25. The van der Waals surface area contributed by atoms with E-state index in [-0.39, 0.29) is 29.5 Å². The van der Waals surface area contributed by atoms with E-state index in [4.69, 9.17) is 0 Å². The molecule has 2 aromatic carbocycles. The van der Waals surface area contributed by atoms with Gasteiger partial charge in [0.15, 0.2) is 5.25 Å². The molecule has 3 aliphatic heterocycles. The molecule has 7 nitrogen and oxygen atoms in total. The average molecular weight is 483 g/mol. The van der Waals surface area contributed by atoms with Crippen LogP contribution in [0, 0.1) is 11.7 Å². The van der Waals surface area contributed by atoms with Gasteiger partial charge in [0.05, 0.1) is 11.4 Å². The second-order valence-corrected chi connectivity index (χ2v) is 9.99. The minimum absolute atomic E-state index is 0.110. The van der Waals surface area contributed by atoms with Crippen molar-refractivity contribution in [2.45, 2.75) is 23.0 Å². The van der Waals surface area contributed by atoms with E-state index < -0.39 is 5.25 Å². The molecule has 2 fully saturated rings. The number of nitrogens with zero attached hydrogens (tertiary/aromatic N) is 3. The maximum absolute atomic E-state index is 14.1. The number of likely N-dealkylation sites (tertiary alicyclic amines) is 1. The third-order valence-electron chi connectivity index (χ3n) is 6.79. The number of para-hydroxylation sites is 2. The monoisotopic (exact) mass is 482 g/mol. The van der Waals surface area contributed by atoms with E-state index in [1.807, 2.05) is 40.1 Å². The third-order valence-corrected chi connectivity index (χ3v) is 8.05. The van der Waals surface area contributed by atoms with Crippen molar-refractivity contribution >= 4 is 40.9 Å². The van der Waals surface area contributed by atoms with Crippen LogP contribution in [0.5, 0.6) is 0 Å². The van der Waals surface area contributed by atoms with Crippen LogP contribution in [-0.4, -0.2) is 72.0 Å². The molecular formula is C25H27FN4O3S. The predicted molar refractivity (Wildman–Crippen MR) is 129 cm³/mol. The summed E-state index contributed by atoms with van der Waals surface area (Å²) in [6, 6.07) is 14.2. The highest BCUT2D eigenvalue weighted by atomic mass is 32.2. The summed E-state index contributed by atoms with van der Waals surface area (Å²) < 4.78 is 14.1. The molecule has 0 bridgehead atoms. The Morgan fingerprint density at radius 2 is 1.50 bits per heavy atom. The van der Waals surface area contributed by atoms with E-state index in [9.17, 15) is 18.8 Å². The Morgan fingerprint density at radius 1 is 0.853 bits per heavy atom. The number of fused-ring (bicyclic) bond motifs is 1. The molecule has 0 aliphatic carbocycles. The van der Waals surface area contributed by atoms with Gasteiger partial charge in [0.1, 0.15) is 5.82 Å². The second kappa shape index (κ2) is 9.66. The van der Waals surface area contributed by atoms with E-state index >= 15 is 0 Å². The normalized spacial score (nSPS) is 21.1. The number of rotatable bonds is 3.